The number of likely N-dealkylation sites (tertiary alicyclic amines) is 1. The van der Waals surface area contributed by atoms with Gasteiger partial charge in [0.15, 0.2) is 0 Å². The van der Waals surface area contributed by atoms with E-state index >= 15 is 0 Å². The summed E-state index contributed by atoms with van der Waals surface area (Å²) in [5, 5.41) is 12.5. The van der Waals surface area contributed by atoms with Crippen molar-refractivity contribution < 1.29 is 14.3 Å². The summed E-state index contributed by atoms with van der Waals surface area (Å²) >= 11 is 0. The van der Waals surface area contributed by atoms with E-state index in [1.165, 1.54) is 67.9 Å². The molecule has 1 saturated heterocycles. The molecular formula is C28H34N4O3. The third-order valence-electron chi connectivity index (χ3n) is 7.24. The maximum atomic E-state index is 11.1. The molecule has 3 aromatic rings. The van der Waals surface area contributed by atoms with E-state index in [1.807, 2.05) is 12.3 Å². The molecule has 35 heavy (non-hydrogen) atoms. The van der Waals surface area contributed by atoms with Crippen molar-refractivity contribution in [3.8, 4) is 11.8 Å². The Morgan fingerprint density at radius 2 is 1.94 bits per heavy atom. The number of aryl methyl sites for hydroxylation is 1. The van der Waals surface area contributed by atoms with Gasteiger partial charge in [-0.1, -0.05) is 6.07 Å². The van der Waals surface area contributed by atoms with Crippen molar-refractivity contribution >= 4 is 22.6 Å². The van der Waals surface area contributed by atoms with Crippen LogP contribution >= 0.6 is 0 Å². The Morgan fingerprint density at radius 3 is 2.60 bits per heavy atom. The van der Waals surface area contributed by atoms with Crippen molar-refractivity contribution in [2.45, 2.75) is 39.2 Å². The van der Waals surface area contributed by atoms with Gasteiger partial charge in [-0.2, -0.15) is 5.26 Å². The summed E-state index contributed by atoms with van der Waals surface area (Å²) in [4.78, 5) is 17.1. The average molecular weight is 475 g/mol. The number of nitrogens with zero attached hydrogens (tertiary/aromatic N) is 2. The van der Waals surface area contributed by atoms with Gasteiger partial charge in [0.25, 0.3) is 0 Å². The van der Waals surface area contributed by atoms with Crippen molar-refractivity contribution in [1.29, 1.82) is 5.26 Å². The molecule has 0 amide bonds. The molecule has 1 aliphatic heterocycles. The molecule has 2 aliphatic rings. The molecule has 7 heteroatoms. The topological polar surface area (TPSA) is 90.4 Å². The normalized spacial score (nSPS) is 16.2. The molecule has 184 valence electrons. The number of carbonyl (C=O) groups excluding carboxylic acids is 1. The first-order chi connectivity index (χ1) is 17.0. The number of H-pyrrole nitrogens is 1. The van der Waals surface area contributed by atoms with Crippen molar-refractivity contribution in [2.75, 3.05) is 39.2 Å². The molecular weight excluding hydrogens is 440 g/mol. The van der Waals surface area contributed by atoms with E-state index in [2.05, 4.69) is 39.0 Å². The molecule has 5 rings (SSSR count). The van der Waals surface area contributed by atoms with E-state index in [0.29, 0.717) is 5.56 Å². The van der Waals surface area contributed by atoms with Gasteiger partial charge in [-0.15, -0.1) is 0 Å². The van der Waals surface area contributed by atoms with E-state index < -0.39 is 0 Å². The van der Waals surface area contributed by atoms with E-state index in [1.54, 1.807) is 31.4 Å². The number of ether oxygens (including phenoxy) is 2. The van der Waals surface area contributed by atoms with Gasteiger partial charge in [0.1, 0.15) is 12.3 Å². The van der Waals surface area contributed by atoms with E-state index in [9.17, 15) is 4.79 Å². The summed E-state index contributed by atoms with van der Waals surface area (Å²) in [6.07, 6.45) is 7.75. The highest BCUT2D eigenvalue weighted by atomic mass is 16.5. The lowest BCUT2D eigenvalue weighted by atomic mass is 9.93. The molecule has 2 heterocycles. The molecule has 2 N–H and O–H groups in total. The van der Waals surface area contributed by atoms with Gasteiger partial charge < -0.3 is 19.8 Å². The number of nitrogens with one attached hydrogen (secondary N) is 2. The second-order valence-electron chi connectivity index (χ2n) is 9.50. The molecule has 2 fully saturated rings. The highest BCUT2D eigenvalue weighted by molar-refractivity contribution is 5.90. The smallest absolute Gasteiger partial charge is 0.337 e. The number of methoxy groups -OCH3 is 2. The average Bonchev–Trinajstić information content (AvgIpc) is 3.45. The number of rotatable bonds is 6. The van der Waals surface area contributed by atoms with E-state index in [4.69, 9.17) is 10.00 Å². The van der Waals surface area contributed by atoms with Gasteiger partial charge in [-0.25, -0.2) is 4.79 Å². The summed E-state index contributed by atoms with van der Waals surface area (Å²) in [5.41, 5.74) is 5.79. The molecule has 0 unspecified atom stereocenters. The van der Waals surface area contributed by atoms with Crippen LogP contribution in [0.3, 0.4) is 0 Å². The highest BCUT2D eigenvalue weighted by Crippen LogP contribution is 2.53. The number of aromatic nitrogens is 1. The number of aromatic amines is 1. The predicted octanol–water partition coefficient (Wildman–Crippen LogP) is 5.27. The van der Waals surface area contributed by atoms with Gasteiger partial charge in [-0.3, -0.25) is 4.90 Å². The van der Waals surface area contributed by atoms with E-state index in [-0.39, 0.29) is 12.5 Å². The quantitative estimate of drug-likeness (QED) is 0.374. The molecule has 1 aromatic heterocycles. The van der Waals surface area contributed by atoms with Crippen molar-refractivity contribution in [1.82, 2.24) is 9.88 Å². The van der Waals surface area contributed by atoms with Gasteiger partial charge in [0.2, 0.25) is 0 Å². The van der Waals surface area contributed by atoms with Crippen LogP contribution in [0, 0.1) is 23.7 Å². The maximum absolute atomic E-state index is 11.1. The first-order valence-electron chi connectivity index (χ1n) is 12.1. The fourth-order valence-corrected chi connectivity index (χ4v) is 4.88. The maximum Gasteiger partial charge on any atom is 0.337 e. The summed E-state index contributed by atoms with van der Waals surface area (Å²) in [6, 6.07) is 13.1. The molecule has 0 radical (unpaired) electrons. The van der Waals surface area contributed by atoms with Gasteiger partial charge in [-0.05, 0) is 87.0 Å². The summed E-state index contributed by atoms with van der Waals surface area (Å²) < 4.78 is 10.2. The Labute approximate surface area is 207 Å². The third kappa shape index (κ3) is 5.77. The van der Waals surface area contributed by atoms with Crippen molar-refractivity contribution in [2.24, 2.45) is 5.41 Å². The van der Waals surface area contributed by atoms with Crippen LogP contribution in [0.15, 0.2) is 42.6 Å². The second kappa shape index (κ2) is 10.8. The Kier molecular flexibility index (Phi) is 7.62. The van der Waals surface area contributed by atoms with Crippen LogP contribution in [0.4, 0.5) is 5.69 Å². The van der Waals surface area contributed by atoms with Crippen LogP contribution in [0.1, 0.15) is 47.2 Å². The lowest BCUT2D eigenvalue weighted by Crippen LogP contribution is -2.34. The number of carbonyl (C=O) groups is 1. The predicted molar refractivity (Wildman–Crippen MR) is 138 cm³/mol. The molecule has 1 spiro atoms. The van der Waals surface area contributed by atoms with Gasteiger partial charge in [0.05, 0.1) is 25.9 Å². The number of nitriles is 1. The monoisotopic (exact) mass is 474 g/mol. The number of benzene rings is 2. The van der Waals surface area contributed by atoms with Crippen molar-refractivity contribution in [3.05, 3.63) is 59.3 Å². The largest absolute Gasteiger partial charge is 0.496 e. The number of esters is 1. The second-order valence-corrected chi connectivity index (χ2v) is 9.50. The van der Waals surface area contributed by atoms with Crippen LogP contribution in [-0.4, -0.2) is 49.7 Å². The lowest BCUT2D eigenvalue weighted by Gasteiger charge is -2.32. The Hall–Kier alpha value is -3.50. The van der Waals surface area contributed by atoms with Crippen LogP contribution in [0.25, 0.3) is 10.9 Å². The number of hydrogen-bond donors (Lipinski definition) is 2. The Morgan fingerprint density at radius 1 is 1.17 bits per heavy atom. The fraction of sp³-hybridized carbons (Fsp3) is 0.429. The molecule has 0 bridgehead atoms. The van der Waals surface area contributed by atoms with Gasteiger partial charge in [0, 0.05) is 34.9 Å². The number of hydrogen-bond acceptors (Lipinski definition) is 6. The molecule has 0 atom stereocenters. The first kappa shape index (κ1) is 24.6. The summed E-state index contributed by atoms with van der Waals surface area (Å²) in [5.74, 6) is 0.650. The zero-order valence-corrected chi connectivity index (χ0v) is 20.8. The molecule has 7 nitrogen and oxygen atoms in total. The van der Waals surface area contributed by atoms with Gasteiger partial charge >= 0.3 is 5.97 Å². The highest BCUT2D eigenvalue weighted by Gasteiger charge is 2.44. The van der Waals surface area contributed by atoms with Crippen LogP contribution in [0.5, 0.6) is 5.75 Å². The van der Waals surface area contributed by atoms with E-state index in [0.717, 1.165) is 23.4 Å². The SMILES string of the molecule is COC(=O)c1cccc(NCC#N)c1.COc1cc(C)c2[nH]ccc2c1CN1CCC2(CC1)CC2. The minimum Gasteiger partial charge on any atom is -0.496 e. The number of fused-ring (bicyclic) bond motifs is 1. The zero-order chi connectivity index (χ0) is 24.8. The Bertz CT molecular complexity index is 1210. The standard InChI is InChI=1S/C18H24N2O.C10H10N2O2/c1-13-11-16(21-2)15(14-3-8-19-17(13)14)12-20-9-6-18(4-5-18)7-10-20;1-14-10(13)8-3-2-4-9(7-8)12-6-5-11/h3,8,11,19H,4-7,9-10,12H2,1-2H3;2-4,7,12H,6H2,1H3. The molecule has 2 aromatic carbocycles. The molecule has 1 saturated carbocycles. The fourth-order valence-electron chi connectivity index (χ4n) is 4.88. The Balaban J connectivity index is 0.000000181. The van der Waals surface area contributed by atoms with Crippen LogP contribution in [-0.2, 0) is 11.3 Å². The number of piperidine rings is 1. The first-order valence-corrected chi connectivity index (χ1v) is 12.1. The minimum atomic E-state index is -0.384. The third-order valence-corrected chi connectivity index (χ3v) is 7.24. The zero-order valence-electron chi connectivity index (χ0n) is 20.8. The van der Waals surface area contributed by atoms with Crippen molar-refractivity contribution in [3.63, 3.8) is 0 Å². The number of anilines is 1. The van der Waals surface area contributed by atoms with Crippen LogP contribution < -0.4 is 10.1 Å². The minimum absolute atomic E-state index is 0.213. The summed E-state index contributed by atoms with van der Waals surface area (Å²) in [6.45, 7) is 5.84. The lowest BCUT2D eigenvalue weighted by molar-refractivity contribution is 0.0601. The summed E-state index contributed by atoms with van der Waals surface area (Å²) in [7, 11) is 3.11. The molecule has 1 aliphatic carbocycles. The van der Waals surface area contributed by atoms with Crippen LogP contribution in [0.2, 0.25) is 0 Å².